The molecule has 34 heavy (non-hydrogen) atoms. The predicted molar refractivity (Wildman–Crippen MR) is 132 cm³/mol. The zero-order valence-electron chi connectivity index (χ0n) is 18.9. The first kappa shape index (κ1) is 21.9. The summed E-state index contributed by atoms with van der Waals surface area (Å²) in [5.74, 6) is -0.696. The van der Waals surface area contributed by atoms with Crippen LogP contribution in [0.4, 0.5) is 16.2 Å². The minimum absolute atomic E-state index is 0.180. The van der Waals surface area contributed by atoms with E-state index in [1.54, 1.807) is 22.0 Å². The van der Waals surface area contributed by atoms with Gasteiger partial charge in [-0.25, -0.2) is 14.6 Å². The highest BCUT2D eigenvalue weighted by atomic mass is 16.4. The third kappa shape index (κ3) is 4.31. The number of rotatable bonds is 5. The van der Waals surface area contributed by atoms with Crippen molar-refractivity contribution in [3.8, 4) is 0 Å². The van der Waals surface area contributed by atoms with Gasteiger partial charge in [0.1, 0.15) is 0 Å². The molecule has 2 amide bonds. The van der Waals surface area contributed by atoms with Crippen LogP contribution in [0.25, 0.3) is 0 Å². The summed E-state index contributed by atoms with van der Waals surface area (Å²) in [6.45, 7) is 0.355. The van der Waals surface area contributed by atoms with E-state index in [2.05, 4.69) is 0 Å². The normalized spacial score (nSPS) is 16.6. The van der Waals surface area contributed by atoms with Crippen LogP contribution in [0.3, 0.4) is 0 Å². The second-order valence-electron chi connectivity index (χ2n) is 8.85. The van der Waals surface area contributed by atoms with Gasteiger partial charge in [-0.05, 0) is 48.7 Å². The number of para-hydroxylation sites is 1. The fourth-order valence-electron chi connectivity index (χ4n) is 4.87. The van der Waals surface area contributed by atoms with Crippen molar-refractivity contribution < 1.29 is 14.7 Å². The average molecular weight is 454 g/mol. The van der Waals surface area contributed by atoms with Crippen LogP contribution < -0.4 is 4.90 Å². The van der Waals surface area contributed by atoms with Crippen molar-refractivity contribution in [2.24, 2.45) is 11.0 Å². The molecule has 2 aliphatic rings. The lowest BCUT2D eigenvalue weighted by Crippen LogP contribution is -2.36. The molecule has 3 aromatic rings. The molecule has 1 fully saturated rings. The van der Waals surface area contributed by atoms with Crippen molar-refractivity contribution >= 4 is 29.1 Å². The van der Waals surface area contributed by atoms with Gasteiger partial charge in [-0.2, -0.15) is 5.10 Å². The molecule has 172 valence electrons. The first-order valence-corrected chi connectivity index (χ1v) is 11.8. The van der Waals surface area contributed by atoms with Crippen LogP contribution >= 0.6 is 0 Å². The zero-order valence-corrected chi connectivity index (χ0v) is 18.9. The Balaban J connectivity index is 1.63. The molecule has 0 unspecified atom stereocenters. The van der Waals surface area contributed by atoms with E-state index in [0.717, 1.165) is 35.4 Å². The smallest absolute Gasteiger partial charge is 0.349 e. The highest BCUT2D eigenvalue weighted by Crippen LogP contribution is 2.37. The van der Waals surface area contributed by atoms with Crippen LogP contribution in [-0.2, 0) is 6.54 Å². The summed E-state index contributed by atoms with van der Waals surface area (Å²) >= 11 is 0. The van der Waals surface area contributed by atoms with Crippen LogP contribution in [0.2, 0.25) is 0 Å². The molecule has 6 heteroatoms. The fraction of sp³-hybridized carbons (Fsp3) is 0.250. The number of hydrogen-bond donors (Lipinski definition) is 1. The Morgan fingerprint density at radius 1 is 0.882 bits per heavy atom. The molecule has 1 heterocycles. The molecule has 0 spiro atoms. The van der Waals surface area contributed by atoms with Gasteiger partial charge in [0.25, 0.3) is 0 Å². The molecule has 1 aliphatic heterocycles. The van der Waals surface area contributed by atoms with Gasteiger partial charge in [-0.3, -0.25) is 4.90 Å². The number of carboxylic acids is 1. The van der Waals surface area contributed by atoms with Gasteiger partial charge in [-0.1, -0.05) is 67.8 Å². The molecule has 0 radical (unpaired) electrons. The number of benzene rings is 3. The SMILES string of the molecule is O=C(O)c1ccc(N2C(=O)N(Cc3ccccc3)N=C(C3CCCCC3)c3ccccc32)cc1. The topological polar surface area (TPSA) is 73.2 Å². The summed E-state index contributed by atoms with van der Waals surface area (Å²) in [6.07, 6.45) is 5.69. The van der Waals surface area contributed by atoms with E-state index in [1.807, 2.05) is 54.6 Å². The third-order valence-electron chi connectivity index (χ3n) is 6.60. The summed E-state index contributed by atoms with van der Waals surface area (Å²) in [6, 6.07) is 23.9. The molecular formula is C28H27N3O3. The Morgan fingerprint density at radius 3 is 2.26 bits per heavy atom. The van der Waals surface area contributed by atoms with Crippen LogP contribution in [0, 0.1) is 5.92 Å². The van der Waals surface area contributed by atoms with E-state index >= 15 is 0 Å². The molecule has 3 aromatic carbocycles. The number of anilines is 2. The van der Waals surface area contributed by atoms with Gasteiger partial charge in [0.15, 0.2) is 0 Å². The van der Waals surface area contributed by atoms with Gasteiger partial charge < -0.3 is 5.11 Å². The number of carbonyl (C=O) groups excluding carboxylic acids is 1. The molecule has 1 N–H and O–H groups in total. The summed E-state index contributed by atoms with van der Waals surface area (Å²) in [5, 5.41) is 15.9. The number of hydrogen-bond acceptors (Lipinski definition) is 3. The standard InChI is InChI=1S/C28H27N3O3/c32-27(33)22-15-17-23(18-16-22)31-25-14-8-7-13-24(25)26(21-11-5-2-6-12-21)29-30(28(31)34)19-20-9-3-1-4-10-20/h1,3-4,7-10,13-18,21H,2,5-6,11-12,19H2,(H,32,33). The molecule has 0 atom stereocenters. The predicted octanol–water partition coefficient (Wildman–Crippen LogP) is 6.44. The molecule has 0 saturated heterocycles. The number of nitrogens with zero attached hydrogens (tertiary/aromatic N) is 3. The third-order valence-corrected chi connectivity index (χ3v) is 6.60. The Morgan fingerprint density at radius 2 is 1.56 bits per heavy atom. The average Bonchev–Trinajstić information content (AvgIpc) is 3.00. The number of aromatic carboxylic acids is 1. The number of carbonyl (C=O) groups is 2. The van der Waals surface area contributed by atoms with Gasteiger partial charge in [-0.15, -0.1) is 0 Å². The summed E-state index contributed by atoms with van der Waals surface area (Å²) in [4.78, 5) is 27.0. The minimum atomic E-state index is -0.997. The lowest BCUT2D eigenvalue weighted by atomic mass is 9.83. The van der Waals surface area contributed by atoms with E-state index in [1.165, 1.54) is 31.4 Å². The Bertz CT molecular complexity index is 1220. The van der Waals surface area contributed by atoms with Crippen molar-refractivity contribution in [2.75, 3.05) is 4.90 Å². The van der Waals surface area contributed by atoms with Crippen molar-refractivity contribution in [3.05, 3.63) is 95.6 Å². The molecule has 6 nitrogen and oxygen atoms in total. The van der Waals surface area contributed by atoms with Crippen LogP contribution in [0.15, 0.2) is 84.0 Å². The van der Waals surface area contributed by atoms with E-state index in [4.69, 9.17) is 5.10 Å². The van der Waals surface area contributed by atoms with Crippen LogP contribution in [-0.4, -0.2) is 27.8 Å². The number of carboxylic acid groups (broad SMARTS) is 1. The lowest BCUT2D eigenvalue weighted by Gasteiger charge is -2.27. The molecule has 1 aliphatic carbocycles. The number of amides is 2. The highest BCUT2D eigenvalue weighted by Gasteiger charge is 2.34. The quantitative estimate of drug-likeness (QED) is 0.483. The maximum Gasteiger partial charge on any atom is 0.349 e. The fourth-order valence-corrected chi connectivity index (χ4v) is 4.87. The van der Waals surface area contributed by atoms with Gasteiger partial charge >= 0.3 is 12.0 Å². The molecular weight excluding hydrogens is 426 g/mol. The molecule has 1 saturated carbocycles. The molecule has 5 rings (SSSR count). The van der Waals surface area contributed by atoms with Crippen LogP contribution in [0.5, 0.6) is 0 Å². The van der Waals surface area contributed by atoms with Crippen molar-refractivity contribution in [3.63, 3.8) is 0 Å². The van der Waals surface area contributed by atoms with E-state index in [-0.39, 0.29) is 11.6 Å². The van der Waals surface area contributed by atoms with Gasteiger partial charge in [0.05, 0.1) is 29.2 Å². The maximum atomic E-state index is 14.0. The monoisotopic (exact) mass is 453 g/mol. The number of urea groups is 1. The second kappa shape index (κ2) is 9.51. The Hall–Kier alpha value is -3.93. The van der Waals surface area contributed by atoms with Gasteiger partial charge in [0, 0.05) is 11.5 Å². The minimum Gasteiger partial charge on any atom is -0.478 e. The zero-order chi connectivity index (χ0) is 23.5. The number of hydrazone groups is 1. The summed E-state index contributed by atoms with van der Waals surface area (Å²) < 4.78 is 0. The van der Waals surface area contributed by atoms with E-state index in [0.29, 0.717) is 18.2 Å². The highest BCUT2D eigenvalue weighted by molar-refractivity contribution is 6.13. The Labute approximate surface area is 199 Å². The summed E-state index contributed by atoms with van der Waals surface area (Å²) in [7, 11) is 0. The van der Waals surface area contributed by atoms with Crippen molar-refractivity contribution in [1.29, 1.82) is 0 Å². The second-order valence-corrected chi connectivity index (χ2v) is 8.85. The first-order valence-electron chi connectivity index (χ1n) is 11.8. The van der Waals surface area contributed by atoms with Crippen molar-refractivity contribution in [2.45, 2.75) is 38.6 Å². The van der Waals surface area contributed by atoms with Crippen LogP contribution in [0.1, 0.15) is 53.6 Å². The largest absolute Gasteiger partial charge is 0.478 e. The Kier molecular flexibility index (Phi) is 6.12. The first-order chi connectivity index (χ1) is 16.6. The van der Waals surface area contributed by atoms with Crippen molar-refractivity contribution in [1.82, 2.24) is 5.01 Å². The number of fused-ring (bicyclic) bond motifs is 1. The molecule has 0 bridgehead atoms. The maximum absolute atomic E-state index is 14.0. The van der Waals surface area contributed by atoms with E-state index in [9.17, 15) is 14.7 Å². The molecule has 0 aromatic heterocycles. The van der Waals surface area contributed by atoms with Gasteiger partial charge in [0.2, 0.25) is 0 Å². The summed E-state index contributed by atoms with van der Waals surface area (Å²) in [5.41, 5.74) is 4.48. The lowest BCUT2D eigenvalue weighted by molar-refractivity contribution is 0.0697. The van der Waals surface area contributed by atoms with E-state index < -0.39 is 5.97 Å².